The van der Waals surface area contributed by atoms with Crippen LogP contribution in [0.2, 0.25) is 5.02 Å². The molecule has 0 aliphatic rings. The van der Waals surface area contributed by atoms with Crippen LogP contribution in [0.1, 0.15) is 18.1 Å². The van der Waals surface area contributed by atoms with Crippen LogP contribution in [0.15, 0.2) is 66.7 Å². The van der Waals surface area contributed by atoms with Crippen LogP contribution in [0, 0.1) is 0 Å². The summed E-state index contributed by atoms with van der Waals surface area (Å²) in [5, 5.41) is 13.9. The van der Waals surface area contributed by atoms with E-state index in [0.717, 1.165) is 21.9 Å². The fraction of sp³-hybridized carbons (Fsp3) is 0.158. The van der Waals surface area contributed by atoms with Crippen LogP contribution >= 0.6 is 11.6 Å². The topological polar surface area (TPSA) is 20.2 Å². The highest BCUT2D eigenvalue weighted by Crippen LogP contribution is 2.31. The molecule has 0 bridgehead atoms. The molecule has 3 rings (SSSR count). The molecule has 1 unspecified atom stereocenters. The van der Waals surface area contributed by atoms with Gasteiger partial charge in [0.25, 0.3) is 0 Å². The summed E-state index contributed by atoms with van der Waals surface area (Å²) < 4.78 is 0. The van der Waals surface area contributed by atoms with Gasteiger partial charge in [0.1, 0.15) is 0 Å². The smallest absolute Gasteiger partial charge is 0.0914 e. The van der Waals surface area contributed by atoms with Gasteiger partial charge in [-0.25, -0.2) is 0 Å². The van der Waals surface area contributed by atoms with E-state index >= 15 is 0 Å². The molecule has 1 nitrogen and oxygen atoms in total. The van der Waals surface area contributed by atoms with E-state index in [1.54, 1.807) is 0 Å². The molecule has 0 aliphatic heterocycles. The van der Waals surface area contributed by atoms with Crippen molar-refractivity contribution in [2.24, 2.45) is 0 Å². The third-order valence-corrected chi connectivity index (χ3v) is 4.08. The molecule has 0 fully saturated rings. The quantitative estimate of drug-likeness (QED) is 0.725. The molecule has 0 saturated heterocycles. The number of aliphatic hydroxyl groups is 1. The fourth-order valence-electron chi connectivity index (χ4n) is 2.79. The first-order valence-electron chi connectivity index (χ1n) is 7.01. The van der Waals surface area contributed by atoms with Gasteiger partial charge < -0.3 is 5.11 Å². The first kappa shape index (κ1) is 14.1. The van der Waals surface area contributed by atoms with Crippen LogP contribution in [0.3, 0.4) is 0 Å². The van der Waals surface area contributed by atoms with Gasteiger partial charge in [-0.2, -0.15) is 0 Å². The average Bonchev–Trinajstić information content (AvgIpc) is 2.49. The number of halogens is 1. The zero-order valence-electron chi connectivity index (χ0n) is 11.9. The lowest BCUT2D eigenvalue weighted by Crippen LogP contribution is -2.24. The van der Waals surface area contributed by atoms with Crippen LogP contribution in [-0.4, -0.2) is 5.11 Å². The maximum atomic E-state index is 11.0. The number of hydrogen-bond donors (Lipinski definition) is 1. The van der Waals surface area contributed by atoms with Gasteiger partial charge in [0, 0.05) is 11.4 Å². The Kier molecular flexibility index (Phi) is 3.71. The van der Waals surface area contributed by atoms with Crippen LogP contribution < -0.4 is 0 Å². The number of fused-ring (bicyclic) bond motifs is 1. The van der Waals surface area contributed by atoms with Gasteiger partial charge in [-0.1, -0.05) is 66.2 Å². The van der Waals surface area contributed by atoms with Gasteiger partial charge in [-0.15, -0.1) is 0 Å². The Hall–Kier alpha value is -1.83. The highest BCUT2D eigenvalue weighted by molar-refractivity contribution is 6.30. The van der Waals surface area contributed by atoms with Crippen molar-refractivity contribution in [2.75, 3.05) is 0 Å². The van der Waals surface area contributed by atoms with E-state index in [-0.39, 0.29) is 0 Å². The third-order valence-electron chi connectivity index (χ3n) is 3.83. The summed E-state index contributed by atoms with van der Waals surface area (Å²) in [5.74, 6) is 0. The molecule has 0 aromatic heterocycles. The molecule has 0 saturated carbocycles. The van der Waals surface area contributed by atoms with Crippen molar-refractivity contribution >= 4 is 22.4 Å². The van der Waals surface area contributed by atoms with E-state index in [1.165, 1.54) is 0 Å². The molecular formula is C19H17ClO. The van der Waals surface area contributed by atoms with E-state index in [9.17, 15) is 5.11 Å². The minimum Gasteiger partial charge on any atom is -0.385 e. The molecule has 3 aromatic carbocycles. The predicted octanol–water partition coefficient (Wildman–Crippen LogP) is 4.94. The first-order chi connectivity index (χ1) is 10.1. The largest absolute Gasteiger partial charge is 0.385 e. The normalized spacial score (nSPS) is 14.0. The number of hydrogen-bond acceptors (Lipinski definition) is 1. The molecule has 0 heterocycles. The lowest BCUT2D eigenvalue weighted by molar-refractivity contribution is 0.0592. The second-order valence-electron chi connectivity index (χ2n) is 5.60. The Balaban J connectivity index is 2.01. The Bertz CT molecular complexity index is 755. The second-order valence-corrected chi connectivity index (χ2v) is 6.04. The van der Waals surface area contributed by atoms with E-state index in [4.69, 9.17) is 11.6 Å². The second kappa shape index (κ2) is 5.51. The summed E-state index contributed by atoms with van der Waals surface area (Å²) >= 11 is 5.92. The zero-order chi connectivity index (χ0) is 14.9. The van der Waals surface area contributed by atoms with Crippen molar-refractivity contribution in [1.29, 1.82) is 0 Å². The highest BCUT2D eigenvalue weighted by atomic mass is 35.5. The Labute approximate surface area is 129 Å². The highest BCUT2D eigenvalue weighted by Gasteiger charge is 2.25. The summed E-state index contributed by atoms with van der Waals surface area (Å²) in [4.78, 5) is 0. The summed E-state index contributed by atoms with van der Waals surface area (Å²) in [5.41, 5.74) is 1.10. The lowest BCUT2D eigenvalue weighted by atomic mass is 9.86. The molecular weight excluding hydrogens is 280 g/mol. The zero-order valence-corrected chi connectivity index (χ0v) is 12.6. The monoisotopic (exact) mass is 296 g/mol. The summed E-state index contributed by atoms with van der Waals surface area (Å²) in [6.07, 6.45) is 0.554. The van der Waals surface area contributed by atoms with Crippen LogP contribution in [-0.2, 0) is 12.0 Å². The Morgan fingerprint density at radius 2 is 1.57 bits per heavy atom. The van der Waals surface area contributed by atoms with Gasteiger partial charge in [0.15, 0.2) is 0 Å². The van der Waals surface area contributed by atoms with Crippen LogP contribution in [0.4, 0.5) is 0 Å². The lowest BCUT2D eigenvalue weighted by Gasteiger charge is -2.25. The Morgan fingerprint density at radius 1 is 0.905 bits per heavy atom. The predicted molar refractivity (Wildman–Crippen MR) is 88.7 cm³/mol. The van der Waals surface area contributed by atoms with Crippen molar-refractivity contribution in [3.05, 3.63) is 82.9 Å². The van der Waals surface area contributed by atoms with Gasteiger partial charge in [0.05, 0.1) is 5.60 Å². The minimum atomic E-state index is -0.922. The van der Waals surface area contributed by atoms with Crippen LogP contribution in [0.25, 0.3) is 10.8 Å². The van der Waals surface area contributed by atoms with E-state index in [2.05, 4.69) is 18.2 Å². The molecule has 1 N–H and O–H groups in total. The van der Waals surface area contributed by atoms with Crippen molar-refractivity contribution < 1.29 is 5.11 Å². The first-order valence-corrected chi connectivity index (χ1v) is 7.39. The van der Waals surface area contributed by atoms with Gasteiger partial charge >= 0.3 is 0 Å². The van der Waals surface area contributed by atoms with Crippen molar-refractivity contribution in [3.63, 3.8) is 0 Å². The SMILES string of the molecule is CC(O)(Cc1ccc(Cl)cc1)c1cccc2ccccc12. The molecule has 0 aliphatic carbocycles. The standard InChI is InChI=1S/C19H17ClO/c1-19(21,13-14-9-11-16(20)12-10-14)18-8-4-6-15-5-2-3-7-17(15)18/h2-12,21H,13H2,1H3. The summed E-state index contributed by atoms with van der Waals surface area (Å²) in [7, 11) is 0. The van der Waals surface area contributed by atoms with Crippen LogP contribution in [0.5, 0.6) is 0 Å². The molecule has 3 aromatic rings. The molecule has 0 spiro atoms. The van der Waals surface area contributed by atoms with E-state index < -0.39 is 5.60 Å². The summed E-state index contributed by atoms with van der Waals surface area (Å²) in [6, 6.07) is 21.8. The maximum absolute atomic E-state index is 11.0. The molecule has 0 radical (unpaired) electrons. The Morgan fingerprint density at radius 3 is 2.33 bits per heavy atom. The van der Waals surface area contributed by atoms with Crippen molar-refractivity contribution in [1.82, 2.24) is 0 Å². The molecule has 1 atom stereocenters. The van der Waals surface area contributed by atoms with Gasteiger partial charge in [-0.3, -0.25) is 0 Å². The average molecular weight is 297 g/mol. The third kappa shape index (κ3) is 2.94. The van der Waals surface area contributed by atoms with E-state index in [1.807, 2.05) is 55.5 Å². The molecule has 21 heavy (non-hydrogen) atoms. The van der Waals surface area contributed by atoms with E-state index in [0.29, 0.717) is 11.4 Å². The summed E-state index contributed by atoms with van der Waals surface area (Å²) in [6.45, 7) is 1.86. The molecule has 106 valence electrons. The fourth-order valence-corrected chi connectivity index (χ4v) is 2.92. The van der Waals surface area contributed by atoms with Gasteiger partial charge in [-0.05, 0) is 41.0 Å². The van der Waals surface area contributed by atoms with Crippen molar-refractivity contribution in [3.8, 4) is 0 Å². The van der Waals surface area contributed by atoms with Crippen molar-refractivity contribution in [2.45, 2.75) is 18.9 Å². The molecule has 0 amide bonds. The molecule has 2 heteroatoms. The number of benzene rings is 3. The minimum absolute atomic E-state index is 0.554. The van der Waals surface area contributed by atoms with Gasteiger partial charge in [0.2, 0.25) is 0 Å². The maximum Gasteiger partial charge on any atom is 0.0914 e. The number of rotatable bonds is 3.